The number of ether oxygens (including phenoxy) is 3. The Hall–Kier alpha value is -4.41. The van der Waals surface area contributed by atoms with Gasteiger partial charge in [-0.25, -0.2) is 4.79 Å². The number of nitrogens with zero attached hydrogens (tertiary/aromatic N) is 4. The number of carbonyl (C=O) groups is 6. The average molecular weight is 859 g/mol. The third kappa shape index (κ3) is 15.5. The van der Waals surface area contributed by atoms with E-state index in [0.717, 1.165) is 5.56 Å². The summed E-state index contributed by atoms with van der Waals surface area (Å²) in [5.41, 5.74) is 1.15. The van der Waals surface area contributed by atoms with E-state index >= 15 is 0 Å². The highest BCUT2D eigenvalue weighted by Crippen LogP contribution is 2.30. The van der Waals surface area contributed by atoms with Crippen LogP contribution in [0.3, 0.4) is 0 Å². The number of likely N-dealkylation sites (tertiary alicyclic amines) is 1. The monoisotopic (exact) mass is 859 g/mol. The van der Waals surface area contributed by atoms with Crippen LogP contribution in [-0.2, 0) is 49.4 Å². The lowest BCUT2D eigenvalue weighted by atomic mass is 9.89. The molecule has 0 aliphatic carbocycles. The summed E-state index contributed by atoms with van der Waals surface area (Å²) in [5, 5.41) is 15.0. The van der Waals surface area contributed by atoms with E-state index in [1.807, 2.05) is 78.8 Å². The molecule has 2 rings (SSSR count). The van der Waals surface area contributed by atoms with Gasteiger partial charge in [-0.1, -0.05) is 92.1 Å². The fourth-order valence-corrected chi connectivity index (χ4v) is 8.14. The predicted octanol–water partition coefficient (Wildman–Crippen LogP) is 3.45. The summed E-state index contributed by atoms with van der Waals surface area (Å²) in [4.78, 5) is 89.5. The van der Waals surface area contributed by atoms with Gasteiger partial charge < -0.3 is 39.8 Å². The van der Waals surface area contributed by atoms with E-state index in [-0.39, 0.29) is 62.1 Å². The van der Waals surface area contributed by atoms with E-state index in [9.17, 15) is 33.9 Å². The molecular formula is C45H74N6O10. The zero-order valence-electron chi connectivity index (χ0n) is 38.6. The quantitative estimate of drug-likeness (QED) is 0.0912. The molecule has 0 bridgehead atoms. The fraction of sp³-hybridized carbons (Fsp3) is 0.711. The Morgan fingerprint density at radius 1 is 0.967 bits per heavy atom. The van der Waals surface area contributed by atoms with Crippen molar-refractivity contribution in [2.75, 3.05) is 61.1 Å². The van der Waals surface area contributed by atoms with Crippen LogP contribution in [0.2, 0.25) is 0 Å². The molecule has 8 atom stereocenters. The van der Waals surface area contributed by atoms with E-state index in [2.05, 4.69) is 15.6 Å². The number of carboxylic acids is 1. The number of methoxy groups -OCH3 is 2. The smallest absolute Gasteiger partial charge is 0.329 e. The average Bonchev–Trinajstić information content (AvgIpc) is 3.71. The lowest BCUT2D eigenvalue weighted by Gasteiger charge is -2.41. The first-order valence-electron chi connectivity index (χ1n) is 21.7. The highest BCUT2D eigenvalue weighted by atomic mass is 16.5. The van der Waals surface area contributed by atoms with Gasteiger partial charge in [0.2, 0.25) is 17.7 Å². The molecule has 1 heterocycles. The van der Waals surface area contributed by atoms with Crippen LogP contribution >= 0.6 is 0 Å². The van der Waals surface area contributed by atoms with Crippen molar-refractivity contribution in [3.63, 3.8) is 0 Å². The first-order valence-corrected chi connectivity index (χ1v) is 21.7. The van der Waals surface area contributed by atoms with Crippen molar-refractivity contribution < 1.29 is 48.1 Å². The van der Waals surface area contributed by atoms with Crippen LogP contribution in [0, 0.1) is 23.7 Å². The Bertz CT molecular complexity index is 1610. The minimum atomic E-state index is -1.04. The maximum Gasteiger partial charge on any atom is 0.329 e. The van der Waals surface area contributed by atoms with Crippen molar-refractivity contribution in [3.05, 3.63) is 35.9 Å². The number of hydrogen-bond donors (Lipinski definition) is 3. The van der Waals surface area contributed by atoms with Gasteiger partial charge in [-0.15, -0.1) is 0 Å². The topological polar surface area (TPSA) is 196 Å². The van der Waals surface area contributed by atoms with Crippen LogP contribution in [0.25, 0.3) is 0 Å². The first kappa shape index (κ1) is 52.7. The van der Waals surface area contributed by atoms with Crippen molar-refractivity contribution in [2.45, 2.75) is 124 Å². The minimum Gasteiger partial charge on any atom is -0.480 e. The van der Waals surface area contributed by atoms with E-state index < -0.39 is 66.0 Å². The number of esters is 1. The number of likely N-dealkylation sites (N-methyl/N-ethyl adjacent to an activating group) is 2. The maximum absolute atomic E-state index is 14.3. The second kappa shape index (κ2) is 26.2. The van der Waals surface area contributed by atoms with Gasteiger partial charge in [-0.05, 0) is 36.8 Å². The number of hydrogen-bond acceptors (Lipinski definition) is 11. The lowest BCUT2D eigenvalue weighted by molar-refractivity contribution is -0.150. The van der Waals surface area contributed by atoms with Gasteiger partial charge in [0.05, 0.1) is 43.2 Å². The van der Waals surface area contributed by atoms with Gasteiger partial charge in [0.1, 0.15) is 24.4 Å². The number of benzene rings is 1. The van der Waals surface area contributed by atoms with Crippen LogP contribution in [0.5, 0.6) is 0 Å². The first-order chi connectivity index (χ1) is 28.9. The van der Waals surface area contributed by atoms with Crippen LogP contribution in [0.15, 0.2) is 35.3 Å². The highest BCUT2D eigenvalue weighted by Gasteiger charge is 2.43. The number of amides is 4. The molecule has 2 unspecified atom stereocenters. The summed E-state index contributed by atoms with van der Waals surface area (Å²) in [6.07, 6.45) is 0.681. The molecule has 0 aromatic heterocycles. The fourth-order valence-electron chi connectivity index (χ4n) is 8.14. The standard InChI is InChI=1S/C45H74N6O10/c1-13-30(7)40(49(10)44(57)39(29(5)6)48-43(56)38(46-9)28(3)4)35(59-11)26-36(52)51-22-18-21-34(51)41(60-12)31(8)42(55)47-33(25-32-19-16-15-17-20-32)45(58)61-24-23-50(14-2)27-37(53)54/h15-17,19-20,28-31,33-35,39-41H,13-14,18,21-27H2,1-12H3,(H,47,55)(H,48,56)(H,53,54)/t30-,31?,33-,34-,35?,39-,40-,41+/m0/s1. The predicted molar refractivity (Wildman–Crippen MR) is 234 cm³/mol. The third-order valence-corrected chi connectivity index (χ3v) is 11.8. The third-order valence-electron chi connectivity index (χ3n) is 11.8. The van der Waals surface area contributed by atoms with Crippen molar-refractivity contribution in [1.29, 1.82) is 0 Å². The number of nitrogens with one attached hydrogen (secondary N) is 2. The van der Waals surface area contributed by atoms with Gasteiger partial charge in [0, 0.05) is 53.7 Å². The molecule has 1 fully saturated rings. The molecule has 0 spiro atoms. The van der Waals surface area contributed by atoms with Crippen LogP contribution < -0.4 is 10.6 Å². The molecule has 1 aliphatic heterocycles. The second-order valence-electron chi connectivity index (χ2n) is 16.7. The van der Waals surface area contributed by atoms with Crippen molar-refractivity contribution in [2.24, 2.45) is 28.7 Å². The molecule has 1 aliphatic rings. The van der Waals surface area contributed by atoms with Gasteiger partial charge >= 0.3 is 11.9 Å². The Kier molecular flexibility index (Phi) is 22.6. The molecule has 16 heteroatoms. The molecule has 1 aromatic carbocycles. The molecular weight excluding hydrogens is 785 g/mol. The Balaban J connectivity index is 2.29. The van der Waals surface area contributed by atoms with Crippen molar-refractivity contribution in [1.82, 2.24) is 25.3 Å². The van der Waals surface area contributed by atoms with E-state index in [4.69, 9.17) is 14.2 Å². The summed E-state index contributed by atoms with van der Waals surface area (Å²) in [5.74, 6) is -4.20. The van der Waals surface area contributed by atoms with Crippen molar-refractivity contribution >= 4 is 41.3 Å². The largest absolute Gasteiger partial charge is 0.480 e. The molecule has 16 nitrogen and oxygen atoms in total. The number of carboxylic acid groups (broad SMARTS) is 1. The normalized spacial score (nSPS) is 17.9. The number of aliphatic carboxylic acids is 1. The molecule has 1 saturated heterocycles. The zero-order chi connectivity index (χ0) is 46.0. The second-order valence-corrected chi connectivity index (χ2v) is 16.7. The molecule has 61 heavy (non-hydrogen) atoms. The van der Waals surface area contributed by atoms with Crippen LogP contribution in [0.1, 0.15) is 86.6 Å². The van der Waals surface area contributed by atoms with Crippen LogP contribution in [0.4, 0.5) is 0 Å². The number of aliphatic imine (C=N–C) groups is 1. The van der Waals surface area contributed by atoms with E-state index in [1.54, 1.807) is 35.7 Å². The van der Waals surface area contributed by atoms with Gasteiger partial charge in [0.25, 0.3) is 5.91 Å². The zero-order valence-corrected chi connectivity index (χ0v) is 38.6. The highest BCUT2D eigenvalue weighted by molar-refractivity contribution is 6.39. The Morgan fingerprint density at radius 3 is 2.15 bits per heavy atom. The van der Waals surface area contributed by atoms with Gasteiger partial charge in [-0.2, -0.15) is 0 Å². The molecule has 344 valence electrons. The molecule has 0 saturated carbocycles. The summed E-state index contributed by atoms with van der Waals surface area (Å²) < 4.78 is 17.5. The molecule has 3 N–H and O–H groups in total. The minimum absolute atomic E-state index is 0.0394. The maximum atomic E-state index is 14.3. The van der Waals surface area contributed by atoms with E-state index in [0.29, 0.717) is 38.1 Å². The summed E-state index contributed by atoms with van der Waals surface area (Å²) in [6.45, 7) is 15.9. The SMILES string of the molecule is CC[C@H](C)[C@@H](C(CC(=O)N1CCC[C@H]1[C@H](OC)C(C)C(=O)N[C@@H](Cc1ccccc1)C(=O)OCCN(CC)CC(=O)O)OC)N(C)C(=O)[C@@H](NC(=O)C(=NC)C(C)C)C(C)C. The van der Waals surface area contributed by atoms with Crippen LogP contribution in [-0.4, -0.2) is 159 Å². The Labute approximate surface area is 363 Å². The van der Waals surface area contributed by atoms with Crippen molar-refractivity contribution in [3.8, 4) is 0 Å². The number of rotatable bonds is 26. The molecule has 4 amide bonds. The van der Waals surface area contributed by atoms with Gasteiger partial charge in [-0.3, -0.25) is 33.9 Å². The summed E-state index contributed by atoms with van der Waals surface area (Å²) >= 11 is 0. The Morgan fingerprint density at radius 2 is 1.62 bits per heavy atom. The molecule has 1 aromatic rings. The summed E-state index contributed by atoms with van der Waals surface area (Å²) in [7, 11) is 6.27. The van der Waals surface area contributed by atoms with E-state index in [1.165, 1.54) is 14.2 Å². The number of carbonyl (C=O) groups excluding carboxylic acids is 5. The summed E-state index contributed by atoms with van der Waals surface area (Å²) in [6, 6.07) is 6.38. The molecule has 0 radical (unpaired) electrons. The van der Waals surface area contributed by atoms with Gasteiger partial charge in [0.15, 0.2) is 0 Å². The lowest BCUT2D eigenvalue weighted by Crippen LogP contribution is -2.58.